The number of fused-ring (bicyclic) bond motifs is 1. The lowest BCUT2D eigenvalue weighted by Crippen LogP contribution is -2.24. The van der Waals surface area contributed by atoms with Gasteiger partial charge in [-0.3, -0.25) is 4.79 Å². The van der Waals surface area contributed by atoms with E-state index in [4.69, 9.17) is 4.42 Å². The van der Waals surface area contributed by atoms with E-state index in [0.29, 0.717) is 12.4 Å². The Balaban J connectivity index is 1.89. The third kappa shape index (κ3) is 2.54. The summed E-state index contributed by atoms with van der Waals surface area (Å²) in [6.45, 7) is 4.49. The van der Waals surface area contributed by atoms with Crippen LogP contribution >= 0.6 is 0 Å². The van der Waals surface area contributed by atoms with Gasteiger partial charge in [-0.25, -0.2) is 4.98 Å². The Labute approximate surface area is 122 Å². The van der Waals surface area contributed by atoms with Crippen LogP contribution in [-0.4, -0.2) is 9.55 Å². The molecule has 5 heteroatoms. The Morgan fingerprint density at radius 2 is 2.19 bits per heavy atom. The smallest absolute Gasteiger partial charge is 0.293 e. The topological polar surface area (TPSA) is 60.1 Å². The number of aromatic nitrogens is 2. The lowest BCUT2D eigenvalue weighted by molar-refractivity contribution is 0.525. The summed E-state index contributed by atoms with van der Waals surface area (Å²) in [7, 11) is 0. The van der Waals surface area contributed by atoms with E-state index in [1.165, 1.54) is 0 Å². The number of furan rings is 1. The first-order valence-electron chi connectivity index (χ1n) is 6.99. The van der Waals surface area contributed by atoms with E-state index in [0.717, 1.165) is 16.7 Å². The molecule has 0 saturated heterocycles. The molecule has 1 aromatic carbocycles. The molecule has 2 heterocycles. The van der Waals surface area contributed by atoms with Gasteiger partial charge in [0, 0.05) is 24.3 Å². The van der Waals surface area contributed by atoms with Crippen molar-refractivity contribution < 1.29 is 4.42 Å². The van der Waals surface area contributed by atoms with Crippen LogP contribution in [0.2, 0.25) is 0 Å². The Morgan fingerprint density at radius 1 is 1.38 bits per heavy atom. The Bertz CT molecular complexity index is 787. The number of nitrogens with one attached hydrogen (secondary N) is 1. The van der Waals surface area contributed by atoms with Crippen LogP contribution in [0.25, 0.3) is 11.0 Å². The van der Waals surface area contributed by atoms with Crippen LogP contribution in [0, 0.1) is 0 Å². The van der Waals surface area contributed by atoms with Crippen LogP contribution in [0.1, 0.15) is 25.6 Å². The summed E-state index contributed by atoms with van der Waals surface area (Å²) >= 11 is 0. The standard InChI is InChI=1S/C16H17N3O2/c1-3-19-9-8-17-15(16(19)20)18-11(2)14-10-12-6-4-5-7-13(12)21-14/h4-11H,3H2,1-2H3,(H,17,18)/t11-/m1/s1. The molecular weight excluding hydrogens is 266 g/mol. The van der Waals surface area contributed by atoms with Gasteiger partial charge >= 0.3 is 0 Å². The van der Waals surface area contributed by atoms with Crippen molar-refractivity contribution in [3.05, 3.63) is 58.8 Å². The molecule has 3 aromatic rings. The molecule has 2 aromatic heterocycles. The molecular formula is C16H17N3O2. The second-order valence-corrected chi connectivity index (χ2v) is 4.92. The average Bonchev–Trinajstić information content (AvgIpc) is 2.93. The quantitative estimate of drug-likeness (QED) is 0.799. The number of hydrogen-bond donors (Lipinski definition) is 1. The highest BCUT2D eigenvalue weighted by Gasteiger charge is 2.14. The van der Waals surface area contributed by atoms with Crippen LogP contribution in [0.5, 0.6) is 0 Å². The molecule has 3 rings (SSSR count). The van der Waals surface area contributed by atoms with E-state index >= 15 is 0 Å². The molecule has 21 heavy (non-hydrogen) atoms. The molecule has 108 valence electrons. The van der Waals surface area contributed by atoms with Gasteiger partial charge in [-0.15, -0.1) is 0 Å². The molecule has 0 aliphatic rings. The number of nitrogens with zero attached hydrogens (tertiary/aromatic N) is 2. The van der Waals surface area contributed by atoms with Crippen molar-refractivity contribution in [1.29, 1.82) is 0 Å². The number of para-hydroxylation sites is 1. The summed E-state index contributed by atoms with van der Waals surface area (Å²) < 4.78 is 7.41. The summed E-state index contributed by atoms with van der Waals surface area (Å²) in [6, 6.07) is 9.68. The molecule has 5 nitrogen and oxygen atoms in total. The molecule has 0 bridgehead atoms. The zero-order valence-electron chi connectivity index (χ0n) is 12.0. The fourth-order valence-corrected chi connectivity index (χ4v) is 2.29. The summed E-state index contributed by atoms with van der Waals surface area (Å²) in [4.78, 5) is 16.3. The van der Waals surface area contributed by atoms with Crippen molar-refractivity contribution in [2.45, 2.75) is 26.4 Å². The number of benzene rings is 1. The van der Waals surface area contributed by atoms with E-state index in [1.54, 1.807) is 17.0 Å². The molecule has 0 fully saturated rings. The van der Waals surface area contributed by atoms with E-state index < -0.39 is 0 Å². The fourth-order valence-electron chi connectivity index (χ4n) is 2.29. The highest BCUT2D eigenvalue weighted by molar-refractivity contribution is 5.77. The monoisotopic (exact) mass is 283 g/mol. The largest absolute Gasteiger partial charge is 0.459 e. The Hall–Kier alpha value is -2.56. The van der Waals surface area contributed by atoms with Crippen molar-refractivity contribution in [3.8, 4) is 0 Å². The molecule has 0 spiro atoms. The van der Waals surface area contributed by atoms with Crippen molar-refractivity contribution in [2.75, 3.05) is 5.32 Å². The van der Waals surface area contributed by atoms with E-state index in [9.17, 15) is 4.79 Å². The zero-order chi connectivity index (χ0) is 14.8. The Kier molecular flexibility index (Phi) is 3.48. The first-order valence-corrected chi connectivity index (χ1v) is 6.99. The highest BCUT2D eigenvalue weighted by Crippen LogP contribution is 2.24. The Morgan fingerprint density at radius 3 is 2.95 bits per heavy atom. The molecule has 0 radical (unpaired) electrons. The first kappa shape index (κ1) is 13.4. The zero-order valence-corrected chi connectivity index (χ0v) is 12.0. The van der Waals surface area contributed by atoms with Crippen molar-refractivity contribution in [2.24, 2.45) is 0 Å². The molecule has 0 aliphatic heterocycles. The minimum Gasteiger partial charge on any atom is -0.459 e. The van der Waals surface area contributed by atoms with Crippen molar-refractivity contribution >= 4 is 16.8 Å². The number of rotatable bonds is 4. The molecule has 0 aliphatic carbocycles. The van der Waals surface area contributed by atoms with Gasteiger partial charge in [-0.1, -0.05) is 18.2 Å². The van der Waals surface area contributed by atoms with Gasteiger partial charge in [0.25, 0.3) is 5.56 Å². The van der Waals surface area contributed by atoms with Crippen molar-refractivity contribution in [3.63, 3.8) is 0 Å². The van der Waals surface area contributed by atoms with Gasteiger partial charge < -0.3 is 14.3 Å². The second-order valence-electron chi connectivity index (χ2n) is 4.92. The van der Waals surface area contributed by atoms with E-state index in [2.05, 4.69) is 10.3 Å². The van der Waals surface area contributed by atoms with Gasteiger partial charge in [0.1, 0.15) is 11.3 Å². The lowest BCUT2D eigenvalue weighted by atomic mass is 10.2. The van der Waals surface area contributed by atoms with Crippen LogP contribution in [0.3, 0.4) is 0 Å². The summed E-state index contributed by atoms with van der Waals surface area (Å²) in [5, 5.41) is 4.17. The fraction of sp³-hybridized carbons (Fsp3) is 0.250. The maximum atomic E-state index is 12.1. The molecule has 0 unspecified atom stereocenters. The third-order valence-corrected chi connectivity index (χ3v) is 3.48. The molecule has 1 N–H and O–H groups in total. The first-order chi connectivity index (χ1) is 10.2. The number of hydrogen-bond acceptors (Lipinski definition) is 4. The van der Waals surface area contributed by atoms with E-state index in [1.807, 2.05) is 44.2 Å². The van der Waals surface area contributed by atoms with E-state index in [-0.39, 0.29) is 11.6 Å². The number of aryl methyl sites for hydroxylation is 1. The SMILES string of the molecule is CCn1ccnc(N[C@H](C)c2cc3ccccc3o2)c1=O. The van der Waals surface area contributed by atoms with Crippen LogP contribution in [0.15, 0.2) is 51.9 Å². The van der Waals surface area contributed by atoms with Crippen molar-refractivity contribution in [1.82, 2.24) is 9.55 Å². The predicted octanol–water partition coefficient (Wildman–Crippen LogP) is 3.18. The van der Waals surface area contributed by atoms with Gasteiger partial charge in [0.2, 0.25) is 0 Å². The maximum absolute atomic E-state index is 12.1. The maximum Gasteiger partial charge on any atom is 0.293 e. The highest BCUT2D eigenvalue weighted by atomic mass is 16.3. The minimum absolute atomic E-state index is 0.122. The third-order valence-electron chi connectivity index (χ3n) is 3.48. The van der Waals surface area contributed by atoms with Gasteiger partial charge in [-0.05, 0) is 26.0 Å². The van der Waals surface area contributed by atoms with Crippen LogP contribution in [-0.2, 0) is 6.54 Å². The van der Waals surface area contributed by atoms with Crippen LogP contribution in [0.4, 0.5) is 5.82 Å². The van der Waals surface area contributed by atoms with Gasteiger partial charge in [0.15, 0.2) is 5.82 Å². The second kappa shape index (κ2) is 5.44. The average molecular weight is 283 g/mol. The predicted molar refractivity (Wildman–Crippen MR) is 82.4 cm³/mol. The normalized spacial score (nSPS) is 12.5. The summed E-state index contributed by atoms with van der Waals surface area (Å²) in [5.74, 6) is 1.12. The molecule has 1 atom stereocenters. The molecule has 0 amide bonds. The van der Waals surface area contributed by atoms with Gasteiger partial charge in [-0.2, -0.15) is 0 Å². The lowest BCUT2D eigenvalue weighted by Gasteiger charge is -2.12. The number of anilines is 1. The van der Waals surface area contributed by atoms with Gasteiger partial charge in [0.05, 0.1) is 6.04 Å². The summed E-state index contributed by atoms with van der Waals surface area (Å²) in [6.07, 6.45) is 3.30. The minimum atomic E-state index is -0.134. The van der Waals surface area contributed by atoms with Crippen LogP contribution < -0.4 is 10.9 Å². The summed E-state index contributed by atoms with van der Waals surface area (Å²) in [5.41, 5.74) is 0.719. The molecule has 0 saturated carbocycles.